The quantitative estimate of drug-likeness (QED) is 0.756. The van der Waals surface area contributed by atoms with Crippen LogP contribution in [0, 0.1) is 0 Å². The highest BCUT2D eigenvalue weighted by Gasteiger charge is 2.31. The van der Waals surface area contributed by atoms with Gasteiger partial charge in [0, 0.05) is 19.0 Å². The van der Waals surface area contributed by atoms with E-state index in [4.69, 9.17) is 4.98 Å². The molecule has 2 aliphatic rings. The van der Waals surface area contributed by atoms with Crippen molar-refractivity contribution in [2.75, 3.05) is 31.9 Å². The molecule has 7 nitrogen and oxygen atoms in total. The Morgan fingerprint density at radius 2 is 2.03 bits per heavy atom. The summed E-state index contributed by atoms with van der Waals surface area (Å²) in [5.74, 6) is 0.408. The fourth-order valence-corrected chi connectivity index (χ4v) is 5.69. The molecule has 0 radical (unpaired) electrons. The predicted octanol–water partition coefficient (Wildman–Crippen LogP) is 2.68. The maximum absolute atomic E-state index is 12.5. The fraction of sp³-hybridized carbons (Fsp3) is 0.500. The van der Waals surface area contributed by atoms with Crippen LogP contribution >= 0.6 is 23.1 Å². The van der Waals surface area contributed by atoms with Crippen molar-refractivity contribution < 1.29 is 14.4 Å². The predicted molar refractivity (Wildman–Crippen MR) is 115 cm³/mol. The average molecular weight is 433 g/mol. The third-order valence-corrected chi connectivity index (χ3v) is 7.65. The number of thioether (sulfide) groups is 1. The Morgan fingerprint density at radius 1 is 1.28 bits per heavy atom. The number of piperidine rings is 1. The molecule has 9 heteroatoms. The van der Waals surface area contributed by atoms with Crippen LogP contribution < -0.4 is 5.32 Å². The maximum Gasteiger partial charge on any atom is 0.288 e. The monoisotopic (exact) mass is 432 g/mol. The Labute approximate surface area is 177 Å². The first-order valence-electron chi connectivity index (χ1n) is 9.87. The van der Waals surface area contributed by atoms with E-state index in [1.165, 1.54) is 14.6 Å². The van der Waals surface area contributed by atoms with Crippen LogP contribution in [0.5, 0.6) is 0 Å². The zero-order valence-electron chi connectivity index (χ0n) is 16.3. The van der Waals surface area contributed by atoms with E-state index in [1.54, 1.807) is 11.3 Å². The molecule has 2 fully saturated rings. The topological polar surface area (TPSA) is 82.6 Å². The lowest BCUT2D eigenvalue weighted by Crippen LogP contribution is -2.49. The summed E-state index contributed by atoms with van der Waals surface area (Å²) >= 11 is 2.79. The van der Waals surface area contributed by atoms with Crippen LogP contribution in [-0.2, 0) is 9.59 Å². The van der Waals surface area contributed by atoms with Gasteiger partial charge in [-0.05, 0) is 45.0 Å². The molecule has 1 aromatic carbocycles. The number of fused-ring (bicyclic) bond motifs is 1. The number of imide groups is 1. The number of rotatable bonds is 6. The molecular formula is C20H24N4O3S2. The van der Waals surface area contributed by atoms with Gasteiger partial charge in [0.1, 0.15) is 0 Å². The van der Waals surface area contributed by atoms with Crippen molar-refractivity contribution in [3.8, 4) is 0 Å². The number of carbonyl (C=O) groups excluding carboxylic acids is 3. The van der Waals surface area contributed by atoms with Crippen molar-refractivity contribution in [1.82, 2.24) is 20.1 Å². The fourth-order valence-electron chi connectivity index (χ4n) is 3.80. The molecule has 3 heterocycles. The molecule has 4 rings (SSSR count). The first-order chi connectivity index (χ1) is 14.0. The number of hydrogen-bond acceptors (Lipinski definition) is 7. The molecule has 0 spiro atoms. The summed E-state index contributed by atoms with van der Waals surface area (Å²) in [5, 5.41) is 3.83. The lowest BCUT2D eigenvalue weighted by Gasteiger charge is -2.34. The third kappa shape index (κ3) is 4.46. The smallest absolute Gasteiger partial charge is 0.288 e. The van der Waals surface area contributed by atoms with Gasteiger partial charge < -0.3 is 5.32 Å². The van der Waals surface area contributed by atoms with Gasteiger partial charge >= 0.3 is 0 Å². The summed E-state index contributed by atoms with van der Waals surface area (Å²) in [6, 6.07) is 7.99. The molecule has 2 saturated heterocycles. The lowest BCUT2D eigenvalue weighted by molar-refractivity contribution is -0.128. The van der Waals surface area contributed by atoms with Gasteiger partial charge in [-0.25, -0.2) is 4.98 Å². The van der Waals surface area contributed by atoms with Crippen LogP contribution in [0.25, 0.3) is 10.2 Å². The Kier molecular flexibility index (Phi) is 6.17. The minimum absolute atomic E-state index is 0.0600. The average Bonchev–Trinajstić information content (AvgIpc) is 3.31. The number of aromatic nitrogens is 1. The number of nitrogens with zero attached hydrogens (tertiary/aromatic N) is 3. The number of para-hydroxylation sites is 1. The van der Waals surface area contributed by atoms with Crippen molar-refractivity contribution in [2.24, 2.45) is 0 Å². The highest BCUT2D eigenvalue weighted by Crippen LogP contribution is 2.34. The van der Waals surface area contributed by atoms with Gasteiger partial charge in [0.2, 0.25) is 11.8 Å². The lowest BCUT2D eigenvalue weighted by atomic mass is 9.96. The zero-order valence-corrected chi connectivity index (χ0v) is 17.9. The molecule has 1 aromatic heterocycles. The number of benzene rings is 1. The Balaban J connectivity index is 1.25. The highest BCUT2D eigenvalue weighted by atomic mass is 32.2. The number of likely N-dealkylation sites (tertiary alicyclic amines) is 1. The molecule has 154 valence electrons. The van der Waals surface area contributed by atoms with E-state index in [-0.39, 0.29) is 35.4 Å². The molecule has 2 aliphatic heterocycles. The first kappa shape index (κ1) is 20.3. The molecule has 0 unspecified atom stereocenters. The van der Waals surface area contributed by atoms with Crippen LogP contribution in [-0.4, -0.2) is 69.8 Å². The van der Waals surface area contributed by atoms with Crippen molar-refractivity contribution in [3.63, 3.8) is 0 Å². The standard InChI is InChI=1S/C20H24N4O3S2/c1-13(18(26)21-8-11-24-17(25)12-28-20(24)27)23-9-6-14(7-10-23)19-22-15-4-2-3-5-16(15)29-19/h2-5,13-14H,6-12H2,1H3,(H,21,26)/t13-/m0/s1. The first-order valence-corrected chi connectivity index (χ1v) is 11.7. The van der Waals surface area contributed by atoms with Gasteiger partial charge in [0.05, 0.1) is 27.0 Å². The van der Waals surface area contributed by atoms with Crippen molar-refractivity contribution in [2.45, 2.75) is 31.7 Å². The minimum atomic E-state index is -0.231. The van der Waals surface area contributed by atoms with Gasteiger partial charge in [-0.1, -0.05) is 23.9 Å². The van der Waals surface area contributed by atoms with Gasteiger partial charge in [-0.2, -0.15) is 0 Å². The number of nitrogens with one attached hydrogen (secondary N) is 1. The Bertz CT molecular complexity index is 874. The third-order valence-electron chi connectivity index (χ3n) is 5.59. The van der Waals surface area contributed by atoms with Gasteiger partial charge in [0.15, 0.2) is 0 Å². The van der Waals surface area contributed by atoms with E-state index in [1.807, 2.05) is 19.1 Å². The minimum Gasteiger partial charge on any atom is -0.353 e. The van der Waals surface area contributed by atoms with Crippen LogP contribution in [0.15, 0.2) is 24.3 Å². The van der Waals surface area contributed by atoms with Gasteiger partial charge in [-0.15, -0.1) is 11.3 Å². The van der Waals surface area contributed by atoms with Crippen molar-refractivity contribution >= 4 is 50.4 Å². The number of hydrogen-bond donors (Lipinski definition) is 1. The normalized spacial score (nSPS) is 19.8. The number of carbonyl (C=O) groups is 3. The van der Waals surface area contributed by atoms with E-state index in [2.05, 4.69) is 22.3 Å². The summed E-state index contributed by atoms with van der Waals surface area (Å²) < 4.78 is 1.23. The summed E-state index contributed by atoms with van der Waals surface area (Å²) in [4.78, 5) is 43.9. The van der Waals surface area contributed by atoms with Crippen LogP contribution in [0.3, 0.4) is 0 Å². The molecule has 2 aromatic rings. The zero-order chi connectivity index (χ0) is 20.4. The molecule has 29 heavy (non-hydrogen) atoms. The second-order valence-corrected chi connectivity index (χ2v) is 9.39. The molecule has 3 amide bonds. The van der Waals surface area contributed by atoms with Crippen molar-refractivity contribution in [1.29, 1.82) is 0 Å². The van der Waals surface area contributed by atoms with E-state index < -0.39 is 0 Å². The van der Waals surface area contributed by atoms with E-state index in [0.717, 1.165) is 43.2 Å². The second kappa shape index (κ2) is 8.81. The van der Waals surface area contributed by atoms with E-state index >= 15 is 0 Å². The highest BCUT2D eigenvalue weighted by molar-refractivity contribution is 8.14. The van der Waals surface area contributed by atoms with E-state index in [9.17, 15) is 14.4 Å². The molecule has 1 N–H and O–H groups in total. The number of amides is 3. The molecule has 0 saturated carbocycles. The number of thiazole rings is 1. The summed E-state index contributed by atoms with van der Waals surface area (Å²) in [6.45, 7) is 4.16. The van der Waals surface area contributed by atoms with Gasteiger partial charge in [-0.3, -0.25) is 24.2 Å². The maximum atomic E-state index is 12.5. The van der Waals surface area contributed by atoms with Crippen LogP contribution in [0.2, 0.25) is 0 Å². The summed E-state index contributed by atoms with van der Waals surface area (Å²) in [7, 11) is 0. The van der Waals surface area contributed by atoms with Crippen LogP contribution in [0.4, 0.5) is 4.79 Å². The molecule has 0 bridgehead atoms. The summed E-state index contributed by atoms with van der Waals surface area (Å²) in [5.41, 5.74) is 1.07. The molecule has 1 atom stereocenters. The summed E-state index contributed by atoms with van der Waals surface area (Å²) in [6.07, 6.45) is 1.98. The molecular weight excluding hydrogens is 408 g/mol. The Morgan fingerprint density at radius 3 is 2.72 bits per heavy atom. The van der Waals surface area contributed by atoms with Crippen molar-refractivity contribution in [3.05, 3.63) is 29.3 Å². The van der Waals surface area contributed by atoms with Crippen LogP contribution in [0.1, 0.15) is 30.7 Å². The Hall–Kier alpha value is -1.97. The largest absolute Gasteiger partial charge is 0.353 e. The van der Waals surface area contributed by atoms with Gasteiger partial charge in [0.25, 0.3) is 5.24 Å². The SMILES string of the molecule is C[C@@H](C(=O)NCCN1C(=O)CSC1=O)N1CCC(c2nc3ccccc3s2)CC1. The molecule has 0 aliphatic carbocycles. The second-order valence-electron chi connectivity index (χ2n) is 7.40. The van der Waals surface area contributed by atoms with E-state index in [0.29, 0.717) is 12.5 Å².